The molecular formula is C23H28BrClN2O2. The van der Waals surface area contributed by atoms with Gasteiger partial charge in [0, 0.05) is 29.0 Å². The maximum Gasteiger partial charge on any atom is 0.242 e. The van der Waals surface area contributed by atoms with Crippen LogP contribution in [0.2, 0.25) is 5.02 Å². The molecule has 0 spiro atoms. The summed E-state index contributed by atoms with van der Waals surface area (Å²) in [4.78, 5) is 27.4. The number of halogens is 2. The molecule has 2 aromatic carbocycles. The van der Waals surface area contributed by atoms with Gasteiger partial charge >= 0.3 is 0 Å². The molecule has 0 radical (unpaired) electrons. The second-order valence-corrected chi connectivity index (χ2v) is 8.39. The Kier molecular flexibility index (Phi) is 9.68. The number of nitrogens with one attached hydrogen (secondary N) is 1. The summed E-state index contributed by atoms with van der Waals surface area (Å²) in [5.41, 5.74) is 1.91. The van der Waals surface area contributed by atoms with E-state index in [2.05, 4.69) is 28.2 Å². The van der Waals surface area contributed by atoms with Crippen molar-refractivity contribution in [1.82, 2.24) is 10.2 Å². The lowest BCUT2D eigenvalue weighted by molar-refractivity contribution is -0.140. The van der Waals surface area contributed by atoms with E-state index < -0.39 is 6.04 Å². The molecule has 0 fully saturated rings. The van der Waals surface area contributed by atoms with Crippen LogP contribution in [0, 0.1) is 0 Å². The fraction of sp³-hybridized carbons (Fsp3) is 0.391. The number of hydrogen-bond donors (Lipinski definition) is 1. The van der Waals surface area contributed by atoms with Crippen molar-refractivity contribution >= 4 is 39.3 Å². The first-order valence-corrected chi connectivity index (χ1v) is 11.1. The smallest absolute Gasteiger partial charge is 0.242 e. The second-order valence-electron chi connectivity index (χ2n) is 7.06. The molecule has 0 saturated heterocycles. The Morgan fingerprint density at radius 3 is 2.62 bits per heavy atom. The highest BCUT2D eigenvalue weighted by Crippen LogP contribution is 2.19. The Morgan fingerprint density at radius 2 is 1.93 bits per heavy atom. The Labute approximate surface area is 186 Å². The molecule has 6 heteroatoms. The molecule has 0 saturated carbocycles. The minimum atomic E-state index is -0.551. The summed E-state index contributed by atoms with van der Waals surface area (Å²) in [7, 11) is 0. The molecule has 0 heterocycles. The quantitative estimate of drug-likeness (QED) is 0.466. The average molecular weight is 480 g/mol. The summed E-state index contributed by atoms with van der Waals surface area (Å²) in [5, 5.41) is 3.59. The zero-order valence-corrected chi connectivity index (χ0v) is 19.3. The van der Waals surface area contributed by atoms with Crippen LogP contribution in [0.3, 0.4) is 0 Å². The Hall–Kier alpha value is -1.85. The van der Waals surface area contributed by atoms with Crippen LogP contribution in [0.25, 0.3) is 0 Å². The van der Waals surface area contributed by atoms with E-state index in [1.165, 1.54) is 0 Å². The lowest BCUT2D eigenvalue weighted by atomic mass is 10.1. The number of rotatable bonds is 10. The normalized spacial score (nSPS) is 11.7. The highest BCUT2D eigenvalue weighted by atomic mass is 79.9. The third kappa shape index (κ3) is 7.48. The van der Waals surface area contributed by atoms with Crippen molar-refractivity contribution in [3.63, 3.8) is 0 Å². The summed E-state index contributed by atoms with van der Waals surface area (Å²) < 4.78 is 0.943. The van der Waals surface area contributed by atoms with Gasteiger partial charge in [0.25, 0.3) is 0 Å². The van der Waals surface area contributed by atoms with Crippen LogP contribution in [0.5, 0.6) is 0 Å². The summed E-state index contributed by atoms with van der Waals surface area (Å²) in [5.74, 6) is -0.192. The molecule has 2 aromatic rings. The molecule has 2 rings (SSSR count). The molecule has 0 aromatic heterocycles. The maximum absolute atomic E-state index is 13.1. The molecule has 1 N–H and O–H groups in total. The number of carbonyl (C=O) groups is 2. The second kappa shape index (κ2) is 12.0. The summed E-state index contributed by atoms with van der Waals surface area (Å²) in [6, 6.07) is 14.8. The van der Waals surface area contributed by atoms with E-state index in [1.54, 1.807) is 11.8 Å². The van der Waals surface area contributed by atoms with Crippen molar-refractivity contribution in [3.05, 3.63) is 69.2 Å². The molecule has 2 amide bonds. The predicted octanol–water partition coefficient (Wildman–Crippen LogP) is 5.37. The van der Waals surface area contributed by atoms with Crippen LogP contribution >= 0.6 is 27.5 Å². The molecule has 29 heavy (non-hydrogen) atoms. The van der Waals surface area contributed by atoms with Gasteiger partial charge in [-0.3, -0.25) is 9.59 Å². The van der Waals surface area contributed by atoms with Crippen LogP contribution in [-0.4, -0.2) is 29.3 Å². The standard InChI is InChI=1S/C23H28BrClN2O2/c1-3-4-14-26-23(29)17(2)27(16-18-8-7-10-20(24)15-18)22(28)13-12-19-9-5-6-11-21(19)25/h5-11,15,17H,3-4,12-14,16H2,1-2H3,(H,26,29)/t17-/m0/s1. The summed E-state index contributed by atoms with van der Waals surface area (Å²) in [6.07, 6.45) is 2.76. The van der Waals surface area contributed by atoms with Gasteiger partial charge in [0.2, 0.25) is 11.8 Å². The van der Waals surface area contributed by atoms with Gasteiger partial charge in [-0.2, -0.15) is 0 Å². The number of carbonyl (C=O) groups excluding carboxylic acids is 2. The minimum Gasteiger partial charge on any atom is -0.354 e. The molecule has 4 nitrogen and oxygen atoms in total. The summed E-state index contributed by atoms with van der Waals surface area (Å²) >= 11 is 9.69. The fourth-order valence-electron chi connectivity index (χ4n) is 3.04. The van der Waals surface area contributed by atoms with Crippen LogP contribution < -0.4 is 5.32 Å². The van der Waals surface area contributed by atoms with Crippen molar-refractivity contribution in [2.24, 2.45) is 0 Å². The highest BCUT2D eigenvalue weighted by molar-refractivity contribution is 9.10. The number of amides is 2. The van der Waals surface area contributed by atoms with Gasteiger partial charge in [-0.15, -0.1) is 0 Å². The molecule has 156 valence electrons. The van der Waals surface area contributed by atoms with Crippen molar-refractivity contribution in [2.45, 2.75) is 52.1 Å². The van der Waals surface area contributed by atoms with E-state index in [0.29, 0.717) is 31.0 Å². The molecule has 0 aliphatic rings. The zero-order valence-electron chi connectivity index (χ0n) is 17.0. The first-order valence-electron chi connectivity index (χ1n) is 9.97. The van der Waals surface area contributed by atoms with E-state index in [4.69, 9.17) is 11.6 Å². The van der Waals surface area contributed by atoms with Crippen LogP contribution in [0.15, 0.2) is 53.0 Å². The van der Waals surface area contributed by atoms with Crippen molar-refractivity contribution in [2.75, 3.05) is 6.54 Å². The van der Waals surface area contributed by atoms with Gasteiger partial charge in [-0.1, -0.05) is 71.2 Å². The zero-order chi connectivity index (χ0) is 21.2. The Morgan fingerprint density at radius 1 is 1.17 bits per heavy atom. The van der Waals surface area contributed by atoms with E-state index >= 15 is 0 Å². The van der Waals surface area contributed by atoms with Gasteiger partial charge in [0.1, 0.15) is 6.04 Å². The fourth-order valence-corrected chi connectivity index (χ4v) is 3.71. The first kappa shape index (κ1) is 23.4. The third-order valence-electron chi connectivity index (χ3n) is 4.80. The van der Waals surface area contributed by atoms with E-state index in [1.807, 2.05) is 48.5 Å². The Bertz CT molecular complexity index is 828. The monoisotopic (exact) mass is 478 g/mol. The van der Waals surface area contributed by atoms with Crippen LogP contribution in [0.4, 0.5) is 0 Å². The SMILES string of the molecule is CCCCNC(=O)[C@H](C)N(Cc1cccc(Br)c1)C(=O)CCc1ccccc1Cl. The lowest BCUT2D eigenvalue weighted by Gasteiger charge is -2.29. The molecule has 0 unspecified atom stereocenters. The van der Waals surface area contributed by atoms with Crippen LogP contribution in [-0.2, 0) is 22.6 Å². The molecule has 0 aliphatic heterocycles. The molecule has 1 atom stereocenters. The minimum absolute atomic E-state index is 0.0666. The molecular weight excluding hydrogens is 452 g/mol. The average Bonchev–Trinajstić information content (AvgIpc) is 2.71. The maximum atomic E-state index is 13.1. The summed E-state index contributed by atoms with van der Waals surface area (Å²) in [6.45, 7) is 4.86. The van der Waals surface area contributed by atoms with Gasteiger partial charge in [0.15, 0.2) is 0 Å². The topological polar surface area (TPSA) is 49.4 Å². The number of unbranched alkanes of at least 4 members (excludes halogenated alkanes) is 1. The van der Waals surface area contributed by atoms with E-state index in [9.17, 15) is 9.59 Å². The number of nitrogens with zero attached hydrogens (tertiary/aromatic N) is 1. The van der Waals surface area contributed by atoms with E-state index in [-0.39, 0.29) is 11.8 Å². The number of benzene rings is 2. The molecule has 0 aliphatic carbocycles. The Balaban J connectivity index is 2.12. The lowest BCUT2D eigenvalue weighted by Crippen LogP contribution is -2.47. The van der Waals surface area contributed by atoms with Gasteiger partial charge in [0.05, 0.1) is 0 Å². The molecule has 0 bridgehead atoms. The van der Waals surface area contributed by atoms with Crippen LogP contribution in [0.1, 0.15) is 44.2 Å². The van der Waals surface area contributed by atoms with Crippen molar-refractivity contribution in [1.29, 1.82) is 0 Å². The largest absolute Gasteiger partial charge is 0.354 e. The van der Waals surface area contributed by atoms with E-state index in [0.717, 1.165) is 28.4 Å². The predicted molar refractivity (Wildman–Crippen MR) is 122 cm³/mol. The van der Waals surface area contributed by atoms with Gasteiger partial charge < -0.3 is 10.2 Å². The van der Waals surface area contributed by atoms with Crippen molar-refractivity contribution in [3.8, 4) is 0 Å². The number of hydrogen-bond acceptors (Lipinski definition) is 2. The number of aryl methyl sites for hydroxylation is 1. The van der Waals surface area contributed by atoms with Gasteiger partial charge in [-0.05, 0) is 49.1 Å². The van der Waals surface area contributed by atoms with Crippen molar-refractivity contribution < 1.29 is 9.59 Å². The first-order chi connectivity index (χ1) is 13.9. The van der Waals surface area contributed by atoms with Gasteiger partial charge in [-0.25, -0.2) is 0 Å². The third-order valence-corrected chi connectivity index (χ3v) is 5.67. The highest BCUT2D eigenvalue weighted by Gasteiger charge is 2.25.